The molecule has 2 aliphatic heterocycles. The Kier molecular flexibility index (Phi) is 3.69. The Labute approximate surface area is 118 Å². The van der Waals surface area contributed by atoms with Crippen molar-refractivity contribution in [1.29, 1.82) is 0 Å². The molecule has 0 bridgehead atoms. The molecule has 0 N–H and O–H groups in total. The predicted molar refractivity (Wildman–Crippen MR) is 74.3 cm³/mol. The second kappa shape index (κ2) is 5.63. The molecule has 1 aromatic rings. The second-order valence-corrected chi connectivity index (χ2v) is 5.18. The number of hydrogen-bond donors (Lipinski definition) is 0. The predicted octanol–water partition coefficient (Wildman–Crippen LogP) is 1.75. The molecule has 0 spiro atoms. The van der Waals surface area contributed by atoms with Crippen LogP contribution in [0.1, 0.15) is 25.0 Å². The van der Waals surface area contributed by atoms with Gasteiger partial charge in [-0.1, -0.05) is 35.5 Å². The first-order valence-corrected chi connectivity index (χ1v) is 6.92. The van der Waals surface area contributed by atoms with Gasteiger partial charge in [-0.2, -0.15) is 0 Å². The molecule has 0 radical (unpaired) electrons. The molecule has 1 amide bonds. The lowest BCUT2D eigenvalue weighted by Crippen LogP contribution is -2.47. The van der Waals surface area contributed by atoms with Crippen molar-refractivity contribution < 1.29 is 14.4 Å². The standard InChI is InChI=1S/C15H18N2O3/c1-11-10-17(7-8-19-11)15(18)13-9-14(20-16-13)12-5-3-2-4-6-12/h2-6,11,14H,7-10H2,1H3/t11-,14-/m1/s1. The number of oxime groups is 1. The Bertz CT molecular complexity index is 515. The van der Waals surface area contributed by atoms with Gasteiger partial charge in [0, 0.05) is 19.5 Å². The van der Waals surface area contributed by atoms with Gasteiger partial charge in [0.05, 0.1) is 12.7 Å². The molecule has 1 saturated heterocycles. The van der Waals surface area contributed by atoms with Crippen LogP contribution in [-0.4, -0.2) is 42.3 Å². The van der Waals surface area contributed by atoms with Crippen LogP contribution in [0.3, 0.4) is 0 Å². The van der Waals surface area contributed by atoms with Crippen LogP contribution >= 0.6 is 0 Å². The molecule has 0 saturated carbocycles. The summed E-state index contributed by atoms with van der Waals surface area (Å²) in [5.41, 5.74) is 1.56. The van der Waals surface area contributed by atoms with E-state index >= 15 is 0 Å². The van der Waals surface area contributed by atoms with Gasteiger partial charge in [-0.15, -0.1) is 0 Å². The Hall–Kier alpha value is -1.88. The number of carbonyl (C=O) groups excluding carboxylic acids is 1. The van der Waals surface area contributed by atoms with Gasteiger partial charge in [0.1, 0.15) is 5.71 Å². The van der Waals surface area contributed by atoms with Crippen molar-refractivity contribution in [3.8, 4) is 0 Å². The van der Waals surface area contributed by atoms with E-state index in [4.69, 9.17) is 9.57 Å². The molecule has 2 aliphatic rings. The lowest BCUT2D eigenvalue weighted by atomic mass is 10.0. The highest BCUT2D eigenvalue weighted by Gasteiger charge is 2.31. The summed E-state index contributed by atoms with van der Waals surface area (Å²) in [5.74, 6) is -0.0291. The summed E-state index contributed by atoms with van der Waals surface area (Å²) in [6.07, 6.45) is 0.475. The minimum atomic E-state index is -0.145. The van der Waals surface area contributed by atoms with Gasteiger partial charge in [0.2, 0.25) is 0 Å². The molecule has 2 atom stereocenters. The number of nitrogens with zero attached hydrogens (tertiary/aromatic N) is 2. The molecule has 2 heterocycles. The van der Waals surface area contributed by atoms with Crippen molar-refractivity contribution in [2.45, 2.75) is 25.6 Å². The highest BCUT2D eigenvalue weighted by Crippen LogP contribution is 2.27. The highest BCUT2D eigenvalue weighted by atomic mass is 16.6. The van der Waals surface area contributed by atoms with E-state index in [1.807, 2.05) is 37.3 Å². The first-order chi connectivity index (χ1) is 9.74. The average Bonchev–Trinajstić information content (AvgIpc) is 2.97. The molecular weight excluding hydrogens is 256 g/mol. The van der Waals surface area contributed by atoms with E-state index < -0.39 is 0 Å². The molecular formula is C15H18N2O3. The van der Waals surface area contributed by atoms with E-state index in [-0.39, 0.29) is 18.1 Å². The lowest BCUT2D eigenvalue weighted by molar-refractivity contribution is -0.131. The third-order valence-corrected chi connectivity index (χ3v) is 3.62. The van der Waals surface area contributed by atoms with Crippen LogP contribution in [0.5, 0.6) is 0 Å². The maximum atomic E-state index is 12.4. The minimum absolute atomic E-state index is 0.0291. The summed E-state index contributed by atoms with van der Waals surface area (Å²) in [5, 5.41) is 3.98. The molecule has 3 rings (SSSR count). The first kappa shape index (κ1) is 13.1. The third kappa shape index (κ3) is 2.67. The largest absolute Gasteiger partial charge is 0.387 e. The lowest BCUT2D eigenvalue weighted by Gasteiger charge is -2.30. The zero-order valence-corrected chi connectivity index (χ0v) is 11.5. The van der Waals surface area contributed by atoms with Crippen molar-refractivity contribution in [1.82, 2.24) is 4.90 Å². The number of morpholine rings is 1. The number of carbonyl (C=O) groups is 1. The average molecular weight is 274 g/mol. The van der Waals surface area contributed by atoms with E-state index in [0.29, 0.717) is 31.8 Å². The molecule has 0 aliphatic carbocycles. The smallest absolute Gasteiger partial charge is 0.271 e. The Morgan fingerprint density at radius 1 is 1.35 bits per heavy atom. The fourth-order valence-electron chi connectivity index (χ4n) is 2.54. The van der Waals surface area contributed by atoms with E-state index in [2.05, 4.69) is 5.16 Å². The summed E-state index contributed by atoms with van der Waals surface area (Å²) >= 11 is 0. The highest BCUT2D eigenvalue weighted by molar-refractivity contribution is 6.39. The maximum Gasteiger partial charge on any atom is 0.271 e. The van der Waals surface area contributed by atoms with Gasteiger partial charge >= 0.3 is 0 Å². The number of amides is 1. The minimum Gasteiger partial charge on any atom is -0.387 e. The summed E-state index contributed by atoms with van der Waals surface area (Å²) in [4.78, 5) is 19.6. The third-order valence-electron chi connectivity index (χ3n) is 3.62. The summed E-state index contributed by atoms with van der Waals surface area (Å²) in [6, 6.07) is 9.86. The normalized spacial score (nSPS) is 26.1. The molecule has 1 fully saturated rings. The van der Waals surface area contributed by atoms with Crippen molar-refractivity contribution in [2.24, 2.45) is 5.16 Å². The zero-order chi connectivity index (χ0) is 13.9. The first-order valence-electron chi connectivity index (χ1n) is 6.92. The van der Waals surface area contributed by atoms with E-state index in [1.54, 1.807) is 4.90 Å². The SMILES string of the molecule is C[C@@H]1CN(C(=O)C2=NO[C@@H](c3ccccc3)C2)CCO1. The van der Waals surface area contributed by atoms with Gasteiger partial charge in [-0.05, 0) is 12.5 Å². The molecule has 5 heteroatoms. The van der Waals surface area contributed by atoms with Crippen LogP contribution in [0, 0.1) is 0 Å². The van der Waals surface area contributed by atoms with E-state index in [0.717, 1.165) is 5.56 Å². The van der Waals surface area contributed by atoms with Gasteiger partial charge < -0.3 is 14.5 Å². The molecule has 106 valence electrons. The van der Waals surface area contributed by atoms with Crippen LogP contribution in [0.2, 0.25) is 0 Å². The van der Waals surface area contributed by atoms with Gasteiger partial charge in [-0.25, -0.2) is 0 Å². The van der Waals surface area contributed by atoms with Crippen LogP contribution in [0.25, 0.3) is 0 Å². The summed E-state index contributed by atoms with van der Waals surface area (Å²) < 4.78 is 5.45. The maximum absolute atomic E-state index is 12.4. The van der Waals surface area contributed by atoms with Crippen molar-refractivity contribution in [3.05, 3.63) is 35.9 Å². The van der Waals surface area contributed by atoms with Crippen LogP contribution in [0.15, 0.2) is 35.5 Å². The van der Waals surface area contributed by atoms with E-state index in [1.165, 1.54) is 0 Å². The fraction of sp³-hybridized carbons (Fsp3) is 0.467. The van der Waals surface area contributed by atoms with Crippen molar-refractivity contribution in [3.63, 3.8) is 0 Å². The van der Waals surface area contributed by atoms with Crippen LogP contribution < -0.4 is 0 Å². The molecule has 20 heavy (non-hydrogen) atoms. The number of hydrogen-bond acceptors (Lipinski definition) is 4. The summed E-state index contributed by atoms with van der Waals surface area (Å²) in [6.45, 7) is 3.80. The summed E-state index contributed by atoms with van der Waals surface area (Å²) in [7, 11) is 0. The number of benzene rings is 1. The van der Waals surface area contributed by atoms with E-state index in [9.17, 15) is 4.79 Å². The van der Waals surface area contributed by atoms with Crippen LogP contribution in [-0.2, 0) is 14.4 Å². The number of rotatable bonds is 2. The Morgan fingerprint density at radius 3 is 2.90 bits per heavy atom. The zero-order valence-electron chi connectivity index (χ0n) is 11.5. The van der Waals surface area contributed by atoms with Gasteiger partial charge in [0.25, 0.3) is 5.91 Å². The monoisotopic (exact) mass is 274 g/mol. The number of ether oxygens (including phenoxy) is 1. The Morgan fingerprint density at radius 2 is 2.15 bits per heavy atom. The van der Waals surface area contributed by atoms with Crippen LogP contribution in [0.4, 0.5) is 0 Å². The molecule has 5 nitrogen and oxygen atoms in total. The fourth-order valence-corrected chi connectivity index (χ4v) is 2.54. The Balaban J connectivity index is 1.63. The molecule has 0 unspecified atom stereocenters. The van der Waals surface area contributed by atoms with Gasteiger partial charge in [0.15, 0.2) is 6.10 Å². The van der Waals surface area contributed by atoms with Gasteiger partial charge in [-0.3, -0.25) is 4.79 Å². The topological polar surface area (TPSA) is 51.1 Å². The molecule has 1 aromatic carbocycles. The quantitative estimate of drug-likeness (QED) is 0.825. The van der Waals surface area contributed by atoms with Crippen molar-refractivity contribution in [2.75, 3.05) is 19.7 Å². The second-order valence-electron chi connectivity index (χ2n) is 5.18. The van der Waals surface area contributed by atoms with Crippen molar-refractivity contribution >= 4 is 11.6 Å². The molecule has 0 aromatic heterocycles.